The molecule has 0 aromatic heterocycles. The molecule has 0 heterocycles. The Balaban J connectivity index is 2.66. The maximum Gasteiger partial charge on any atom is 0.208 e. The Morgan fingerprint density at radius 3 is 2.24 bits per heavy atom. The lowest BCUT2D eigenvalue weighted by Gasteiger charge is -2.09. The smallest absolute Gasteiger partial charge is 0.208 e. The Bertz CT molecular complexity index is 389. The number of carbonyl (C=O) groups is 1. The molecule has 1 aromatic rings. The minimum Gasteiger partial charge on any atom is -0.285 e. The van der Waals surface area contributed by atoms with Gasteiger partial charge in [-0.25, -0.2) is 0 Å². The molecule has 0 bridgehead atoms. The van der Waals surface area contributed by atoms with Crippen molar-refractivity contribution in [3.8, 4) is 11.8 Å². The lowest BCUT2D eigenvalue weighted by Crippen LogP contribution is -2.12. The number of benzene rings is 1. The summed E-state index contributed by atoms with van der Waals surface area (Å²) in [7, 11) is 0. The van der Waals surface area contributed by atoms with E-state index >= 15 is 0 Å². The quantitative estimate of drug-likeness (QED) is 0.700. The predicted octanol–water partition coefficient (Wildman–Crippen LogP) is 3.82. The van der Waals surface area contributed by atoms with Crippen molar-refractivity contribution in [3.63, 3.8) is 0 Å². The number of hydrogen-bond acceptors (Lipinski definition) is 1. The average molecular weight is 228 g/mol. The van der Waals surface area contributed by atoms with Crippen LogP contribution in [0.5, 0.6) is 0 Å². The van der Waals surface area contributed by atoms with E-state index in [2.05, 4.69) is 25.7 Å². The first-order valence-electron chi connectivity index (χ1n) is 6.38. The van der Waals surface area contributed by atoms with Crippen LogP contribution in [-0.2, 0) is 4.79 Å². The number of rotatable bonds is 5. The molecule has 0 unspecified atom stereocenters. The van der Waals surface area contributed by atoms with Crippen molar-refractivity contribution in [2.75, 3.05) is 0 Å². The van der Waals surface area contributed by atoms with Gasteiger partial charge in [-0.1, -0.05) is 50.8 Å². The third-order valence-corrected chi connectivity index (χ3v) is 2.75. The molecule has 0 atom stereocenters. The molecule has 0 amide bonds. The van der Waals surface area contributed by atoms with Gasteiger partial charge in [0.05, 0.1) is 0 Å². The number of Topliss-reactive ketones (excluding diaryl/α,β-unsaturated/α-hetero) is 1. The Morgan fingerprint density at radius 1 is 1.12 bits per heavy atom. The van der Waals surface area contributed by atoms with Crippen LogP contribution in [0.3, 0.4) is 0 Å². The molecule has 17 heavy (non-hydrogen) atoms. The summed E-state index contributed by atoms with van der Waals surface area (Å²) in [5.74, 6) is 5.94. The lowest BCUT2D eigenvalue weighted by molar-refractivity contribution is -0.117. The van der Waals surface area contributed by atoms with Crippen LogP contribution < -0.4 is 0 Å². The molecule has 90 valence electrons. The van der Waals surface area contributed by atoms with E-state index in [4.69, 9.17) is 0 Å². The fraction of sp³-hybridized carbons (Fsp3) is 0.438. The summed E-state index contributed by atoms with van der Waals surface area (Å²) in [6.07, 6.45) is 4.00. The summed E-state index contributed by atoms with van der Waals surface area (Å²) < 4.78 is 0. The SMILES string of the molecule is CCCC(CCC)C(=O)C#Cc1ccccc1. The first-order valence-corrected chi connectivity index (χ1v) is 6.38. The van der Waals surface area contributed by atoms with Crippen molar-refractivity contribution in [1.82, 2.24) is 0 Å². The van der Waals surface area contributed by atoms with E-state index in [1.165, 1.54) is 0 Å². The summed E-state index contributed by atoms with van der Waals surface area (Å²) in [6, 6.07) is 9.67. The molecule has 0 radical (unpaired) electrons. The van der Waals surface area contributed by atoms with Crippen LogP contribution in [0.2, 0.25) is 0 Å². The Labute approximate surface area is 104 Å². The highest BCUT2D eigenvalue weighted by Gasteiger charge is 2.13. The summed E-state index contributed by atoms with van der Waals surface area (Å²) in [5, 5.41) is 0. The largest absolute Gasteiger partial charge is 0.285 e. The van der Waals surface area contributed by atoms with Crippen LogP contribution in [0.25, 0.3) is 0 Å². The predicted molar refractivity (Wildman–Crippen MR) is 71.6 cm³/mol. The van der Waals surface area contributed by atoms with Crippen LogP contribution in [0.1, 0.15) is 45.1 Å². The summed E-state index contributed by atoms with van der Waals surface area (Å²) >= 11 is 0. The standard InChI is InChI=1S/C16H20O/c1-3-8-15(9-4-2)16(17)13-12-14-10-6-5-7-11-14/h5-7,10-11,15H,3-4,8-9H2,1-2H3. The van der Waals surface area contributed by atoms with Gasteiger partial charge in [0.1, 0.15) is 0 Å². The van der Waals surface area contributed by atoms with Gasteiger partial charge in [-0.15, -0.1) is 0 Å². The molecular weight excluding hydrogens is 208 g/mol. The van der Waals surface area contributed by atoms with Gasteiger partial charge in [-0.2, -0.15) is 0 Å². The molecule has 0 fully saturated rings. The normalized spacial score (nSPS) is 9.82. The highest BCUT2D eigenvalue weighted by atomic mass is 16.1. The molecule has 1 heteroatoms. The summed E-state index contributed by atoms with van der Waals surface area (Å²) in [5.41, 5.74) is 0.910. The highest BCUT2D eigenvalue weighted by Crippen LogP contribution is 2.14. The van der Waals surface area contributed by atoms with Gasteiger partial charge in [0.2, 0.25) is 5.78 Å². The zero-order chi connectivity index (χ0) is 12.5. The molecule has 0 spiro atoms. The molecule has 0 aliphatic heterocycles. The van der Waals surface area contributed by atoms with Crippen molar-refractivity contribution in [3.05, 3.63) is 35.9 Å². The Morgan fingerprint density at radius 2 is 1.71 bits per heavy atom. The summed E-state index contributed by atoms with van der Waals surface area (Å²) in [4.78, 5) is 11.9. The fourth-order valence-corrected chi connectivity index (χ4v) is 1.86. The average Bonchev–Trinajstić information content (AvgIpc) is 2.37. The van der Waals surface area contributed by atoms with Crippen LogP contribution in [0, 0.1) is 17.8 Å². The van der Waals surface area contributed by atoms with E-state index in [-0.39, 0.29) is 11.7 Å². The first-order chi connectivity index (χ1) is 8.27. The molecule has 0 aliphatic carbocycles. The molecule has 1 rings (SSSR count). The summed E-state index contributed by atoms with van der Waals surface area (Å²) in [6.45, 7) is 4.22. The molecule has 0 N–H and O–H groups in total. The van der Waals surface area contributed by atoms with Crippen LogP contribution in [-0.4, -0.2) is 5.78 Å². The third kappa shape index (κ3) is 4.87. The van der Waals surface area contributed by atoms with E-state index in [1.54, 1.807) is 0 Å². The van der Waals surface area contributed by atoms with Gasteiger partial charge in [0.25, 0.3) is 0 Å². The van der Waals surface area contributed by atoms with E-state index in [9.17, 15) is 4.79 Å². The minimum absolute atomic E-state index is 0.0950. The second-order valence-corrected chi connectivity index (χ2v) is 4.25. The highest BCUT2D eigenvalue weighted by molar-refractivity contribution is 5.97. The second-order valence-electron chi connectivity index (χ2n) is 4.25. The molecule has 0 saturated carbocycles. The van der Waals surface area contributed by atoms with Crippen LogP contribution >= 0.6 is 0 Å². The van der Waals surface area contributed by atoms with E-state index in [0.717, 1.165) is 31.2 Å². The van der Waals surface area contributed by atoms with E-state index in [1.807, 2.05) is 30.3 Å². The minimum atomic E-state index is 0.0950. The zero-order valence-corrected chi connectivity index (χ0v) is 10.7. The number of ketones is 1. The monoisotopic (exact) mass is 228 g/mol. The maximum atomic E-state index is 11.9. The second kappa shape index (κ2) is 7.68. The zero-order valence-electron chi connectivity index (χ0n) is 10.7. The molecule has 1 aromatic carbocycles. The van der Waals surface area contributed by atoms with Crippen LogP contribution in [0.4, 0.5) is 0 Å². The van der Waals surface area contributed by atoms with Gasteiger partial charge in [0, 0.05) is 11.5 Å². The van der Waals surface area contributed by atoms with Crippen molar-refractivity contribution >= 4 is 5.78 Å². The number of carbonyl (C=O) groups excluding carboxylic acids is 1. The Hall–Kier alpha value is -1.55. The van der Waals surface area contributed by atoms with Crippen molar-refractivity contribution < 1.29 is 4.79 Å². The fourth-order valence-electron chi connectivity index (χ4n) is 1.86. The van der Waals surface area contributed by atoms with Gasteiger partial charge in [-0.05, 0) is 30.9 Å². The van der Waals surface area contributed by atoms with E-state index in [0.29, 0.717) is 0 Å². The van der Waals surface area contributed by atoms with Gasteiger partial charge >= 0.3 is 0 Å². The van der Waals surface area contributed by atoms with Crippen LogP contribution in [0.15, 0.2) is 30.3 Å². The topological polar surface area (TPSA) is 17.1 Å². The van der Waals surface area contributed by atoms with E-state index < -0.39 is 0 Å². The van der Waals surface area contributed by atoms with Gasteiger partial charge in [-0.3, -0.25) is 4.79 Å². The van der Waals surface area contributed by atoms with Crippen molar-refractivity contribution in [2.24, 2.45) is 5.92 Å². The molecule has 0 saturated heterocycles. The third-order valence-electron chi connectivity index (χ3n) is 2.75. The maximum absolute atomic E-state index is 11.9. The van der Waals surface area contributed by atoms with Crippen molar-refractivity contribution in [1.29, 1.82) is 0 Å². The molecular formula is C16H20O. The molecule has 0 aliphatic rings. The number of hydrogen-bond donors (Lipinski definition) is 0. The first kappa shape index (κ1) is 13.5. The van der Waals surface area contributed by atoms with Gasteiger partial charge < -0.3 is 0 Å². The van der Waals surface area contributed by atoms with Gasteiger partial charge in [0.15, 0.2) is 0 Å². The molecule has 1 nitrogen and oxygen atoms in total. The lowest BCUT2D eigenvalue weighted by atomic mass is 9.94. The van der Waals surface area contributed by atoms with Crippen molar-refractivity contribution in [2.45, 2.75) is 39.5 Å². The Kier molecular flexibility index (Phi) is 6.10.